The smallest absolute Gasteiger partial charge is 0.268 e. The number of nitrogens with zero attached hydrogens (tertiary/aromatic N) is 1. The summed E-state index contributed by atoms with van der Waals surface area (Å²) in [6.07, 6.45) is -3.19. The van der Waals surface area contributed by atoms with Gasteiger partial charge in [0.15, 0.2) is 0 Å². The van der Waals surface area contributed by atoms with Crippen molar-refractivity contribution in [1.82, 2.24) is 4.90 Å². The summed E-state index contributed by atoms with van der Waals surface area (Å²) in [4.78, 5) is 0.983. The third kappa shape index (κ3) is 2.05. The number of thioether (sulfide) groups is 1. The Morgan fingerprint density at radius 2 is 2.18 bits per heavy atom. The van der Waals surface area contributed by atoms with Crippen LogP contribution in [0, 0.1) is 0 Å². The van der Waals surface area contributed by atoms with Gasteiger partial charge in [0.05, 0.1) is 0 Å². The molecule has 0 aromatic heterocycles. The fourth-order valence-corrected chi connectivity index (χ4v) is 2.69. The van der Waals surface area contributed by atoms with Crippen LogP contribution in [0.5, 0.6) is 0 Å². The fraction of sp³-hybridized carbons (Fsp3) is 0.600. The Hall–Kier alpha value is 0.160. The van der Waals surface area contributed by atoms with E-state index in [1.165, 1.54) is 0 Å². The van der Waals surface area contributed by atoms with Crippen molar-refractivity contribution >= 4 is 27.7 Å². The second-order valence-electron chi connectivity index (χ2n) is 2.02. The molecule has 1 rings (SSSR count). The van der Waals surface area contributed by atoms with E-state index in [0.717, 1.165) is 18.0 Å². The lowest BCUT2D eigenvalue weighted by Gasteiger charge is -2.21. The average Bonchev–Trinajstić information content (AvgIpc) is 2.08. The van der Waals surface area contributed by atoms with Crippen LogP contribution in [0.2, 0.25) is 0 Å². The molecule has 0 radical (unpaired) electrons. The van der Waals surface area contributed by atoms with Gasteiger partial charge in [-0.05, 0) is 6.92 Å². The monoisotopic (exact) mass is 247 g/mol. The normalized spacial score (nSPS) is 25.7. The van der Waals surface area contributed by atoms with Gasteiger partial charge in [0.25, 0.3) is 0 Å². The summed E-state index contributed by atoms with van der Waals surface area (Å²) in [7, 11) is 0. The van der Waals surface area contributed by atoms with Crippen molar-refractivity contribution in [1.29, 1.82) is 0 Å². The van der Waals surface area contributed by atoms with Gasteiger partial charge >= 0.3 is 6.30 Å². The van der Waals surface area contributed by atoms with Gasteiger partial charge in [-0.15, -0.1) is 0 Å². The minimum Gasteiger partial charge on any atom is -0.268 e. The first-order chi connectivity index (χ1) is 4.91. The molecule has 0 aliphatic carbocycles. The predicted octanol–water partition coefficient (Wildman–Crippen LogP) is 3.09. The van der Waals surface area contributed by atoms with Crippen LogP contribution < -0.4 is 0 Å². The van der Waals surface area contributed by atoms with Gasteiger partial charge in [-0.25, -0.2) is 0 Å². The molecule has 0 amide bonds. The number of hydrogen-bond donors (Lipinski definition) is 0. The van der Waals surface area contributed by atoms with Gasteiger partial charge in [-0.1, -0.05) is 27.7 Å². The lowest BCUT2D eigenvalue weighted by molar-refractivity contribution is -0.223. The van der Waals surface area contributed by atoms with Crippen molar-refractivity contribution < 1.29 is 13.2 Å². The molecule has 1 heterocycles. The first kappa shape index (κ1) is 9.25. The van der Waals surface area contributed by atoms with Gasteiger partial charge in [0.2, 0.25) is 0 Å². The quantitative estimate of drug-likeness (QED) is 0.478. The van der Waals surface area contributed by atoms with Crippen LogP contribution in [0.15, 0.2) is 11.1 Å². The zero-order valence-electron chi connectivity index (χ0n) is 5.52. The largest absolute Gasteiger partial charge is 0.486 e. The Bertz CT molecular complexity index is 191. The molecule has 0 saturated heterocycles. The maximum absolute atomic E-state index is 12.0. The van der Waals surface area contributed by atoms with Crippen molar-refractivity contribution in [2.45, 2.75) is 17.5 Å². The van der Waals surface area contributed by atoms with Gasteiger partial charge < -0.3 is 0 Å². The van der Waals surface area contributed by atoms with E-state index in [2.05, 4.69) is 15.9 Å². The average molecular weight is 248 g/mol. The van der Waals surface area contributed by atoms with Crippen molar-refractivity contribution in [3.8, 4) is 0 Å². The molecule has 64 valence electrons. The lowest BCUT2D eigenvalue weighted by Crippen LogP contribution is -2.34. The first-order valence-corrected chi connectivity index (χ1v) is 4.55. The topological polar surface area (TPSA) is 3.24 Å². The van der Waals surface area contributed by atoms with Crippen molar-refractivity contribution in [2.24, 2.45) is 0 Å². The Balaban J connectivity index is 2.74. The zero-order chi connectivity index (χ0) is 8.65. The number of allylic oxidation sites excluding steroid dienone is 1. The van der Waals surface area contributed by atoms with Crippen LogP contribution in [-0.2, 0) is 0 Å². The molecule has 1 unspecified atom stereocenters. The highest BCUT2D eigenvalue weighted by Crippen LogP contribution is 2.41. The van der Waals surface area contributed by atoms with Gasteiger partial charge in [-0.3, -0.25) is 4.90 Å². The maximum atomic E-state index is 12.0. The summed E-state index contributed by atoms with van der Waals surface area (Å²) in [6, 6.07) is 0. The molecule has 6 heteroatoms. The summed E-state index contributed by atoms with van der Waals surface area (Å²) in [6.45, 7) is 1.64. The minimum atomic E-state index is -4.28. The van der Waals surface area contributed by atoms with Crippen LogP contribution in [-0.4, -0.2) is 15.5 Å². The summed E-state index contributed by atoms with van der Waals surface area (Å²) in [5.74, 6) is 0. The standard InChI is InChI=1S/C5H5BrF3NS/c1-3-2-10(4(6)11-3)5(7,8)9/h2,4H,1H3. The van der Waals surface area contributed by atoms with Crippen molar-refractivity contribution in [3.63, 3.8) is 0 Å². The maximum Gasteiger partial charge on any atom is 0.486 e. The lowest BCUT2D eigenvalue weighted by atomic mass is 10.6. The molecular weight excluding hydrogens is 243 g/mol. The summed E-state index contributed by atoms with van der Waals surface area (Å²) in [5.41, 5.74) is 0. The van der Waals surface area contributed by atoms with Gasteiger partial charge in [0, 0.05) is 11.1 Å². The molecule has 0 fully saturated rings. The van der Waals surface area contributed by atoms with E-state index in [1.54, 1.807) is 6.92 Å². The van der Waals surface area contributed by atoms with Crippen LogP contribution in [0.3, 0.4) is 0 Å². The Kier molecular flexibility index (Phi) is 2.43. The van der Waals surface area contributed by atoms with E-state index in [4.69, 9.17) is 0 Å². The zero-order valence-corrected chi connectivity index (χ0v) is 7.92. The SMILES string of the molecule is CC1=CN(C(F)(F)F)C(Br)S1. The van der Waals surface area contributed by atoms with Crippen LogP contribution in [0.4, 0.5) is 13.2 Å². The molecule has 0 saturated carbocycles. The molecule has 0 spiro atoms. The predicted molar refractivity (Wildman–Crippen MR) is 42.0 cm³/mol. The molecule has 1 atom stereocenters. The number of alkyl halides is 4. The van der Waals surface area contributed by atoms with E-state index < -0.39 is 10.6 Å². The molecule has 0 aromatic carbocycles. The van der Waals surface area contributed by atoms with E-state index in [-0.39, 0.29) is 0 Å². The third-order valence-electron chi connectivity index (χ3n) is 1.12. The molecule has 0 aromatic rings. The highest BCUT2D eigenvalue weighted by atomic mass is 79.9. The highest BCUT2D eigenvalue weighted by molar-refractivity contribution is 9.11. The van der Waals surface area contributed by atoms with E-state index >= 15 is 0 Å². The van der Waals surface area contributed by atoms with E-state index in [1.807, 2.05) is 0 Å². The second-order valence-corrected chi connectivity index (χ2v) is 4.82. The Morgan fingerprint density at radius 1 is 1.64 bits per heavy atom. The van der Waals surface area contributed by atoms with Crippen LogP contribution in [0.25, 0.3) is 0 Å². The molecule has 11 heavy (non-hydrogen) atoms. The number of halogens is 4. The Morgan fingerprint density at radius 3 is 2.36 bits per heavy atom. The summed E-state index contributed by atoms with van der Waals surface area (Å²) >= 11 is 4.04. The third-order valence-corrected chi connectivity index (χ3v) is 3.02. The van der Waals surface area contributed by atoms with E-state index in [0.29, 0.717) is 9.81 Å². The molecule has 0 bridgehead atoms. The minimum absolute atomic E-state index is 0.326. The molecule has 0 N–H and O–H groups in total. The molecule has 1 nitrogen and oxygen atoms in total. The molecular formula is C5H5BrF3NS. The molecule has 1 aliphatic rings. The highest BCUT2D eigenvalue weighted by Gasteiger charge is 2.42. The Labute approximate surface area is 74.8 Å². The van der Waals surface area contributed by atoms with Gasteiger partial charge in [-0.2, -0.15) is 13.2 Å². The molecule has 1 aliphatic heterocycles. The second kappa shape index (κ2) is 2.90. The fourth-order valence-electron chi connectivity index (χ4n) is 0.683. The number of rotatable bonds is 0. The number of hydrogen-bond acceptors (Lipinski definition) is 2. The van der Waals surface area contributed by atoms with Gasteiger partial charge in [0.1, 0.15) is 4.28 Å². The summed E-state index contributed by atoms with van der Waals surface area (Å²) < 4.78 is 35.4. The van der Waals surface area contributed by atoms with Crippen molar-refractivity contribution in [2.75, 3.05) is 0 Å². The van der Waals surface area contributed by atoms with Crippen molar-refractivity contribution in [3.05, 3.63) is 11.1 Å². The first-order valence-electron chi connectivity index (χ1n) is 2.75. The van der Waals surface area contributed by atoms with Crippen LogP contribution in [0.1, 0.15) is 6.92 Å². The summed E-state index contributed by atoms with van der Waals surface area (Å²) in [5, 5.41) is 0. The van der Waals surface area contributed by atoms with Crippen LogP contribution >= 0.6 is 27.7 Å². The van der Waals surface area contributed by atoms with E-state index in [9.17, 15) is 13.2 Å².